The fourth-order valence-corrected chi connectivity index (χ4v) is 2.29. The summed E-state index contributed by atoms with van der Waals surface area (Å²) >= 11 is 0. The average molecular weight is 245 g/mol. The number of imidazole rings is 1. The topological polar surface area (TPSA) is 41.3 Å². The molecule has 2 heterocycles. The summed E-state index contributed by atoms with van der Waals surface area (Å²) in [5, 5.41) is 9.11. The van der Waals surface area contributed by atoms with E-state index < -0.39 is 6.55 Å². The number of hydrogen-bond acceptors (Lipinski definition) is 3. The van der Waals surface area contributed by atoms with E-state index in [-0.39, 0.29) is 12.5 Å². The second-order valence-corrected chi connectivity index (χ2v) is 4.45. The van der Waals surface area contributed by atoms with Crippen LogP contribution in [0, 0.1) is 5.92 Å². The van der Waals surface area contributed by atoms with Crippen molar-refractivity contribution in [3.8, 4) is 0 Å². The summed E-state index contributed by atoms with van der Waals surface area (Å²) in [5.41, 5.74) is 0. The molecule has 0 aromatic carbocycles. The first kappa shape index (κ1) is 12.4. The normalized spacial score (nSPS) is 22.2. The minimum atomic E-state index is -2.54. The zero-order valence-corrected chi connectivity index (χ0v) is 9.60. The van der Waals surface area contributed by atoms with Crippen molar-refractivity contribution in [2.75, 3.05) is 19.7 Å². The Bertz CT molecular complexity index is 356. The molecule has 6 heteroatoms. The Morgan fingerprint density at radius 1 is 1.53 bits per heavy atom. The van der Waals surface area contributed by atoms with Gasteiger partial charge in [-0.2, -0.15) is 8.78 Å². The van der Waals surface area contributed by atoms with E-state index in [1.54, 1.807) is 0 Å². The molecule has 0 aliphatic carbocycles. The van der Waals surface area contributed by atoms with Crippen LogP contribution in [0.3, 0.4) is 0 Å². The summed E-state index contributed by atoms with van der Waals surface area (Å²) in [4.78, 5) is 6.04. The van der Waals surface area contributed by atoms with E-state index in [2.05, 4.69) is 9.88 Å². The number of halogens is 2. The van der Waals surface area contributed by atoms with Crippen molar-refractivity contribution in [1.82, 2.24) is 14.5 Å². The maximum absolute atomic E-state index is 12.6. The van der Waals surface area contributed by atoms with Crippen LogP contribution in [0.2, 0.25) is 0 Å². The Hall–Kier alpha value is -1.01. The molecule has 1 atom stereocenters. The molecule has 1 unspecified atom stereocenters. The Morgan fingerprint density at radius 3 is 3.06 bits per heavy atom. The highest BCUT2D eigenvalue weighted by Gasteiger charge is 2.21. The summed E-state index contributed by atoms with van der Waals surface area (Å²) in [5.74, 6) is 0.650. The molecule has 0 amide bonds. The van der Waals surface area contributed by atoms with E-state index >= 15 is 0 Å². The number of alkyl halides is 2. The SMILES string of the molecule is OCC1CCCN(Cc2nccn2C(F)F)C1. The van der Waals surface area contributed by atoms with Gasteiger partial charge >= 0.3 is 6.55 Å². The standard InChI is InChI=1S/C11H17F2N3O/c12-11(13)16-5-3-14-10(16)7-15-4-1-2-9(6-15)8-17/h3,5,9,11,17H,1-2,4,6-8H2. The molecule has 17 heavy (non-hydrogen) atoms. The number of aliphatic hydroxyl groups excluding tert-OH is 1. The van der Waals surface area contributed by atoms with Crippen molar-refractivity contribution in [3.63, 3.8) is 0 Å². The van der Waals surface area contributed by atoms with Gasteiger partial charge in [0.2, 0.25) is 0 Å². The third-order valence-corrected chi connectivity index (χ3v) is 3.19. The number of rotatable bonds is 4. The molecule has 0 radical (unpaired) electrons. The molecule has 4 nitrogen and oxygen atoms in total. The van der Waals surface area contributed by atoms with E-state index in [9.17, 15) is 8.78 Å². The molecule has 1 aliphatic rings. The molecule has 0 bridgehead atoms. The van der Waals surface area contributed by atoms with Gasteiger partial charge in [-0.15, -0.1) is 0 Å². The van der Waals surface area contributed by atoms with E-state index in [4.69, 9.17) is 5.11 Å². The van der Waals surface area contributed by atoms with Crippen LogP contribution >= 0.6 is 0 Å². The largest absolute Gasteiger partial charge is 0.396 e. The first-order valence-electron chi connectivity index (χ1n) is 5.83. The summed E-state index contributed by atoms with van der Waals surface area (Å²) in [6, 6.07) is 0. The first-order chi connectivity index (χ1) is 8.20. The van der Waals surface area contributed by atoms with Gasteiger partial charge < -0.3 is 5.11 Å². The van der Waals surface area contributed by atoms with Gasteiger partial charge in [-0.25, -0.2) is 4.98 Å². The fourth-order valence-electron chi connectivity index (χ4n) is 2.29. The second-order valence-electron chi connectivity index (χ2n) is 4.45. The highest BCUT2D eigenvalue weighted by atomic mass is 19.3. The molecule has 1 aromatic heterocycles. The molecule has 1 aliphatic heterocycles. The van der Waals surface area contributed by atoms with Crippen LogP contribution in [0.4, 0.5) is 8.78 Å². The van der Waals surface area contributed by atoms with Crippen molar-refractivity contribution < 1.29 is 13.9 Å². The second kappa shape index (κ2) is 5.55. The first-order valence-corrected chi connectivity index (χ1v) is 5.83. The fraction of sp³-hybridized carbons (Fsp3) is 0.727. The van der Waals surface area contributed by atoms with Crippen LogP contribution in [0.15, 0.2) is 12.4 Å². The van der Waals surface area contributed by atoms with Gasteiger partial charge in [0, 0.05) is 25.5 Å². The smallest absolute Gasteiger partial charge is 0.319 e. The van der Waals surface area contributed by atoms with Crippen LogP contribution in [0.5, 0.6) is 0 Å². The van der Waals surface area contributed by atoms with Gasteiger partial charge in [0.25, 0.3) is 0 Å². The molecule has 2 rings (SSSR count). The van der Waals surface area contributed by atoms with Crippen molar-refractivity contribution >= 4 is 0 Å². The number of aliphatic hydroxyl groups is 1. The molecule has 1 aromatic rings. The number of aromatic nitrogens is 2. The third-order valence-electron chi connectivity index (χ3n) is 3.19. The van der Waals surface area contributed by atoms with Crippen molar-refractivity contribution in [3.05, 3.63) is 18.2 Å². The number of likely N-dealkylation sites (tertiary alicyclic amines) is 1. The predicted octanol–water partition coefficient (Wildman–Crippen LogP) is 1.48. The molecule has 0 saturated carbocycles. The third kappa shape index (κ3) is 3.01. The Balaban J connectivity index is 1.98. The zero-order valence-electron chi connectivity index (χ0n) is 9.60. The monoisotopic (exact) mass is 245 g/mol. The van der Waals surface area contributed by atoms with Crippen LogP contribution in [0.1, 0.15) is 25.2 Å². The summed E-state index contributed by atoms with van der Waals surface area (Å²) in [7, 11) is 0. The lowest BCUT2D eigenvalue weighted by Crippen LogP contribution is -2.37. The lowest BCUT2D eigenvalue weighted by atomic mass is 9.99. The Morgan fingerprint density at radius 2 is 2.35 bits per heavy atom. The average Bonchev–Trinajstić information content (AvgIpc) is 2.77. The van der Waals surface area contributed by atoms with Crippen molar-refractivity contribution in [1.29, 1.82) is 0 Å². The molecule has 96 valence electrons. The van der Waals surface area contributed by atoms with E-state index in [1.165, 1.54) is 12.4 Å². The maximum Gasteiger partial charge on any atom is 0.319 e. The van der Waals surface area contributed by atoms with E-state index in [1.807, 2.05) is 0 Å². The van der Waals surface area contributed by atoms with E-state index in [0.717, 1.165) is 30.5 Å². The zero-order chi connectivity index (χ0) is 12.3. The van der Waals surface area contributed by atoms with Gasteiger partial charge in [-0.3, -0.25) is 9.47 Å². The van der Waals surface area contributed by atoms with Crippen LogP contribution in [-0.4, -0.2) is 39.3 Å². The van der Waals surface area contributed by atoms with Crippen LogP contribution in [-0.2, 0) is 6.54 Å². The molecular formula is C11H17F2N3O. The van der Waals surface area contributed by atoms with E-state index in [0.29, 0.717) is 12.4 Å². The van der Waals surface area contributed by atoms with Crippen LogP contribution in [0.25, 0.3) is 0 Å². The lowest BCUT2D eigenvalue weighted by molar-refractivity contribution is 0.0599. The van der Waals surface area contributed by atoms with Crippen molar-refractivity contribution in [2.45, 2.75) is 25.9 Å². The van der Waals surface area contributed by atoms with Gasteiger partial charge in [0.05, 0.1) is 6.54 Å². The van der Waals surface area contributed by atoms with Crippen molar-refractivity contribution in [2.24, 2.45) is 5.92 Å². The molecule has 1 fully saturated rings. The molecule has 1 N–H and O–H groups in total. The Kier molecular flexibility index (Phi) is 4.06. The minimum Gasteiger partial charge on any atom is -0.396 e. The highest BCUT2D eigenvalue weighted by Crippen LogP contribution is 2.19. The van der Waals surface area contributed by atoms with Gasteiger partial charge in [0.1, 0.15) is 5.82 Å². The number of hydrogen-bond donors (Lipinski definition) is 1. The van der Waals surface area contributed by atoms with Crippen LogP contribution < -0.4 is 0 Å². The van der Waals surface area contributed by atoms with Gasteiger partial charge in [-0.1, -0.05) is 0 Å². The minimum absolute atomic E-state index is 0.166. The van der Waals surface area contributed by atoms with Gasteiger partial charge in [-0.05, 0) is 25.3 Å². The van der Waals surface area contributed by atoms with Gasteiger partial charge in [0.15, 0.2) is 0 Å². The Labute approximate surface area is 98.9 Å². The quantitative estimate of drug-likeness (QED) is 0.873. The maximum atomic E-state index is 12.6. The summed E-state index contributed by atoms with van der Waals surface area (Å²) in [6.45, 7) is -0.307. The molecule has 1 saturated heterocycles. The highest BCUT2D eigenvalue weighted by molar-refractivity contribution is 4.93. The summed E-state index contributed by atoms with van der Waals surface area (Å²) in [6.07, 6.45) is 4.71. The molecular weight excluding hydrogens is 228 g/mol. The lowest BCUT2D eigenvalue weighted by Gasteiger charge is -2.31. The number of piperidine rings is 1. The number of nitrogens with zero attached hydrogens (tertiary/aromatic N) is 3. The predicted molar refractivity (Wildman–Crippen MR) is 58.6 cm³/mol. The molecule has 0 spiro atoms. The summed E-state index contributed by atoms with van der Waals surface area (Å²) < 4.78 is 26.1.